The van der Waals surface area contributed by atoms with Crippen LogP contribution in [-0.4, -0.2) is 31.8 Å². The summed E-state index contributed by atoms with van der Waals surface area (Å²) in [4.78, 5) is 12.4. The van der Waals surface area contributed by atoms with Crippen LogP contribution in [0.25, 0.3) is 0 Å². The van der Waals surface area contributed by atoms with Crippen LogP contribution in [0.5, 0.6) is 5.75 Å². The second-order valence-corrected chi connectivity index (χ2v) is 6.08. The Morgan fingerprint density at radius 3 is 2.92 bits per heavy atom. The van der Waals surface area contributed by atoms with Crippen LogP contribution < -0.4 is 10.1 Å². The Balaban J connectivity index is 1.54. The third-order valence-corrected chi connectivity index (χ3v) is 4.17. The first kappa shape index (κ1) is 17.4. The van der Waals surface area contributed by atoms with E-state index in [1.54, 1.807) is 24.3 Å². The first-order valence-electron chi connectivity index (χ1n) is 8.58. The molecule has 1 amide bonds. The van der Waals surface area contributed by atoms with Crippen LogP contribution in [0.1, 0.15) is 28.8 Å². The van der Waals surface area contributed by atoms with Gasteiger partial charge in [0.1, 0.15) is 18.2 Å². The Morgan fingerprint density at radius 1 is 1.24 bits per heavy atom. The molecular weight excluding hydrogens is 321 g/mol. The monoisotopic (exact) mass is 343 g/mol. The van der Waals surface area contributed by atoms with E-state index in [4.69, 9.17) is 9.47 Å². The largest absolute Gasteiger partial charge is 0.490 e. The lowest BCUT2D eigenvalue weighted by molar-refractivity contribution is 0.0670. The zero-order chi connectivity index (χ0) is 17.5. The summed E-state index contributed by atoms with van der Waals surface area (Å²) in [7, 11) is 0. The summed E-state index contributed by atoms with van der Waals surface area (Å²) in [5.74, 6) is 0.0947. The van der Waals surface area contributed by atoms with E-state index in [2.05, 4.69) is 5.32 Å². The Hall–Kier alpha value is -2.40. The quantitative estimate of drug-likeness (QED) is 0.839. The molecule has 1 saturated heterocycles. The summed E-state index contributed by atoms with van der Waals surface area (Å²) >= 11 is 0. The van der Waals surface area contributed by atoms with Crippen LogP contribution in [0.3, 0.4) is 0 Å². The van der Waals surface area contributed by atoms with Crippen LogP contribution in [0, 0.1) is 5.82 Å². The number of hydrogen-bond acceptors (Lipinski definition) is 3. The number of rotatable bonds is 7. The van der Waals surface area contributed by atoms with Gasteiger partial charge in [0, 0.05) is 13.2 Å². The molecule has 3 rings (SSSR count). The molecule has 1 aliphatic rings. The number of hydrogen-bond donors (Lipinski definition) is 1. The molecule has 25 heavy (non-hydrogen) atoms. The van der Waals surface area contributed by atoms with Gasteiger partial charge in [-0.05, 0) is 49.1 Å². The third-order valence-electron chi connectivity index (χ3n) is 4.17. The number of benzene rings is 2. The maximum absolute atomic E-state index is 13.2. The highest BCUT2D eigenvalue weighted by molar-refractivity contribution is 5.96. The first-order chi connectivity index (χ1) is 12.2. The van der Waals surface area contributed by atoms with Crippen LogP contribution in [0.2, 0.25) is 0 Å². The van der Waals surface area contributed by atoms with E-state index in [0.29, 0.717) is 30.9 Å². The molecule has 4 nitrogen and oxygen atoms in total. The van der Waals surface area contributed by atoms with E-state index in [1.807, 2.05) is 12.1 Å². The van der Waals surface area contributed by atoms with Crippen molar-refractivity contribution in [1.82, 2.24) is 5.32 Å². The van der Waals surface area contributed by atoms with Crippen molar-refractivity contribution in [2.75, 3.05) is 19.8 Å². The average molecular weight is 343 g/mol. The minimum absolute atomic E-state index is 0.101. The lowest BCUT2D eigenvalue weighted by atomic mass is 10.1. The fraction of sp³-hybridized carbons (Fsp3) is 0.350. The van der Waals surface area contributed by atoms with Gasteiger partial charge in [-0.15, -0.1) is 0 Å². The highest BCUT2D eigenvalue weighted by Gasteiger charge is 2.18. The molecule has 0 spiro atoms. The lowest BCUT2D eigenvalue weighted by Gasteiger charge is -2.14. The van der Waals surface area contributed by atoms with Gasteiger partial charge in [0.25, 0.3) is 5.91 Å². The number of carbonyl (C=O) groups is 1. The van der Waals surface area contributed by atoms with Gasteiger partial charge in [-0.1, -0.05) is 24.3 Å². The van der Waals surface area contributed by atoms with E-state index >= 15 is 0 Å². The molecule has 0 aliphatic carbocycles. The minimum atomic E-state index is -0.267. The van der Waals surface area contributed by atoms with E-state index in [1.165, 1.54) is 12.1 Å². The van der Waals surface area contributed by atoms with E-state index in [-0.39, 0.29) is 17.8 Å². The third kappa shape index (κ3) is 5.03. The minimum Gasteiger partial charge on any atom is -0.490 e. The predicted octanol–water partition coefficient (Wildman–Crippen LogP) is 3.36. The van der Waals surface area contributed by atoms with Crippen molar-refractivity contribution in [2.24, 2.45) is 0 Å². The molecule has 1 atom stereocenters. The van der Waals surface area contributed by atoms with Gasteiger partial charge in [-0.3, -0.25) is 4.79 Å². The van der Waals surface area contributed by atoms with Crippen molar-refractivity contribution in [3.63, 3.8) is 0 Å². The van der Waals surface area contributed by atoms with Gasteiger partial charge >= 0.3 is 0 Å². The molecule has 2 aromatic rings. The molecule has 1 aliphatic heterocycles. The standard InChI is InChI=1S/C20H22FNO3/c21-16-6-3-5-15(13-16)10-11-22-20(23)18-8-1-2-9-19(18)25-14-17-7-4-12-24-17/h1-3,5-6,8-9,13,17H,4,7,10-12,14H2,(H,22,23). The maximum Gasteiger partial charge on any atom is 0.255 e. The molecule has 0 radical (unpaired) electrons. The summed E-state index contributed by atoms with van der Waals surface area (Å²) in [6, 6.07) is 13.6. The molecule has 5 heteroatoms. The van der Waals surface area contributed by atoms with Crippen molar-refractivity contribution in [1.29, 1.82) is 0 Å². The van der Waals surface area contributed by atoms with Gasteiger partial charge in [-0.25, -0.2) is 4.39 Å². The van der Waals surface area contributed by atoms with E-state index < -0.39 is 0 Å². The predicted molar refractivity (Wildman–Crippen MR) is 93.3 cm³/mol. The molecule has 0 bridgehead atoms. The molecule has 0 aromatic heterocycles. The number of amides is 1. The molecule has 132 valence electrons. The number of ether oxygens (including phenoxy) is 2. The van der Waals surface area contributed by atoms with Gasteiger partial charge in [0.15, 0.2) is 0 Å². The first-order valence-corrected chi connectivity index (χ1v) is 8.58. The Bertz CT molecular complexity index is 714. The fourth-order valence-corrected chi connectivity index (χ4v) is 2.85. The molecular formula is C20H22FNO3. The van der Waals surface area contributed by atoms with Crippen LogP contribution >= 0.6 is 0 Å². The highest BCUT2D eigenvalue weighted by Crippen LogP contribution is 2.20. The molecule has 1 unspecified atom stereocenters. The number of halogens is 1. The van der Waals surface area contributed by atoms with E-state index in [9.17, 15) is 9.18 Å². The molecule has 2 aromatic carbocycles. The number of nitrogens with one attached hydrogen (secondary N) is 1. The van der Waals surface area contributed by atoms with Gasteiger partial charge in [-0.2, -0.15) is 0 Å². The number of carbonyl (C=O) groups excluding carboxylic acids is 1. The van der Waals surface area contributed by atoms with Crippen LogP contribution in [-0.2, 0) is 11.2 Å². The molecule has 1 fully saturated rings. The van der Waals surface area contributed by atoms with Gasteiger partial charge < -0.3 is 14.8 Å². The topological polar surface area (TPSA) is 47.6 Å². The van der Waals surface area contributed by atoms with Crippen molar-refractivity contribution in [2.45, 2.75) is 25.4 Å². The molecule has 1 heterocycles. The summed E-state index contributed by atoms with van der Waals surface area (Å²) in [6.45, 7) is 1.66. The summed E-state index contributed by atoms with van der Waals surface area (Å²) in [5, 5.41) is 2.86. The second kappa shape index (κ2) is 8.62. The van der Waals surface area contributed by atoms with Gasteiger partial charge in [0.2, 0.25) is 0 Å². The summed E-state index contributed by atoms with van der Waals surface area (Å²) in [6.07, 6.45) is 2.71. The van der Waals surface area contributed by atoms with E-state index in [0.717, 1.165) is 25.0 Å². The van der Waals surface area contributed by atoms with Gasteiger partial charge in [0.05, 0.1) is 11.7 Å². The normalized spacial score (nSPS) is 16.6. The van der Waals surface area contributed by atoms with Crippen molar-refractivity contribution in [3.05, 3.63) is 65.5 Å². The van der Waals surface area contributed by atoms with Crippen molar-refractivity contribution < 1.29 is 18.7 Å². The smallest absolute Gasteiger partial charge is 0.255 e. The van der Waals surface area contributed by atoms with Crippen molar-refractivity contribution in [3.8, 4) is 5.75 Å². The fourth-order valence-electron chi connectivity index (χ4n) is 2.85. The summed E-state index contributed by atoms with van der Waals surface area (Å²) < 4.78 is 24.5. The summed E-state index contributed by atoms with van der Waals surface area (Å²) in [5.41, 5.74) is 1.35. The Kier molecular flexibility index (Phi) is 6.01. The zero-order valence-electron chi connectivity index (χ0n) is 14.0. The van der Waals surface area contributed by atoms with Crippen LogP contribution in [0.15, 0.2) is 48.5 Å². The Morgan fingerprint density at radius 2 is 2.12 bits per heavy atom. The zero-order valence-corrected chi connectivity index (χ0v) is 14.0. The second-order valence-electron chi connectivity index (χ2n) is 6.08. The lowest BCUT2D eigenvalue weighted by Crippen LogP contribution is -2.26. The van der Waals surface area contributed by atoms with Crippen LogP contribution in [0.4, 0.5) is 4.39 Å². The Labute approximate surface area is 147 Å². The van der Waals surface area contributed by atoms with Crippen molar-refractivity contribution >= 4 is 5.91 Å². The molecule has 1 N–H and O–H groups in total. The average Bonchev–Trinajstić information content (AvgIpc) is 3.14. The maximum atomic E-state index is 13.2. The highest BCUT2D eigenvalue weighted by atomic mass is 19.1. The molecule has 0 saturated carbocycles. The SMILES string of the molecule is O=C(NCCc1cccc(F)c1)c1ccccc1OCC1CCCO1. The number of para-hydroxylation sites is 1.